The molecule has 1 amide bonds. The number of benzene rings is 1. The van der Waals surface area contributed by atoms with Crippen LogP contribution in [0.15, 0.2) is 18.2 Å². The lowest BCUT2D eigenvalue weighted by Crippen LogP contribution is -2.36. The molecule has 0 saturated carbocycles. The van der Waals surface area contributed by atoms with E-state index in [0.717, 1.165) is 11.3 Å². The Labute approximate surface area is 133 Å². The number of rotatable bonds is 8. The van der Waals surface area contributed by atoms with E-state index in [1.54, 1.807) is 6.92 Å². The van der Waals surface area contributed by atoms with Gasteiger partial charge >= 0.3 is 0 Å². The Morgan fingerprint density at radius 2 is 2.05 bits per heavy atom. The summed E-state index contributed by atoms with van der Waals surface area (Å²) in [5, 5.41) is 12.3. The van der Waals surface area contributed by atoms with Crippen LogP contribution in [0.1, 0.15) is 44.7 Å². The smallest absolute Gasteiger partial charge is 0.223 e. The lowest BCUT2D eigenvalue weighted by molar-refractivity contribution is -0.122. The molecule has 2 N–H and O–H groups in total. The Bertz CT molecular complexity index is 495. The normalized spacial score (nSPS) is 12.8. The Hall–Kier alpha value is -1.55. The Balaban J connectivity index is 2.31. The number of aryl methyl sites for hydroxylation is 2. The number of hydrogen-bond donors (Lipinski definition) is 2. The molecule has 124 valence electrons. The summed E-state index contributed by atoms with van der Waals surface area (Å²) in [6.07, 6.45) is 0.629. The second-order valence-electron chi connectivity index (χ2n) is 6.86. The van der Waals surface area contributed by atoms with Crippen molar-refractivity contribution in [1.82, 2.24) is 5.32 Å². The highest BCUT2D eigenvalue weighted by atomic mass is 16.5. The van der Waals surface area contributed by atoms with Crippen molar-refractivity contribution in [3.63, 3.8) is 0 Å². The molecule has 0 fully saturated rings. The van der Waals surface area contributed by atoms with E-state index < -0.39 is 0 Å². The van der Waals surface area contributed by atoms with Crippen LogP contribution in [0.3, 0.4) is 0 Å². The summed E-state index contributed by atoms with van der Waals surface area (Å²) < 4.78 is 5.66. The number of aliphatic hydroxyl groups is 1. The fourth-order valence-corrected chi connectivity index (χ4v) is 2.51. The van der Waals surface area contributed by atoms with E-state index in [4.69, 9.17) is 4.74 Å². The van der Waals surface area contributed by atoms with Gasteiger partial charge in [-0.15, -0.1) is 0 Å². The van der Waals surface area contributed by atoms with Crippen molar-refractivity contribution >= 4 is 5.91 Å². The molecule has 0 heterocycles. The Morgan fingerprint density at radius 3 is 2.64 bits per heavy atom. The monoisotopic (exact) mass is 307 g/mol. The zero-order valence-corrected chi connectivity index (χ0v) is 14.4. The van der Waals surface area contributed by atoms with Gasteiger partial charge in [0.1, 0.15) is 5.75 Å². The first-order valence-corrected chi connectivity index (χ1v) is 7.84. The molecule has 1 atom stereocenters. The van der Waals surface area contributed by atoms with Crippen LogP contribution in [0.4, 0.5) is 0 Å². The number of hydrogen-bond acceptors (Lipinski definition) is 3. The molecule has 0 aliphatic rings. The highest BCUT2D eigenvalue weighted by molar-refractivity contribution is 5.76. The minimum Gasteiger partial charge on any atom is -0.493 e. The minimum absolute atomic E-state index is 0.0246. The molecule has 4 heteroatoms. The number of aliphatic hydroxyl groups excluding tert-OH is 1. The van der Waals surface area contributed by atoms with Gasteiger partial charge in [0, 0.05) is 6.54 Å². The van der Waals surface area contributed by atoms with Crippen LogP contribution in [0.25, 0.3) is 0 Å². The molecule has 0 spiro atoms. The quantitative estimate of drug-likeness (QED) is 0.776. The molecule has 22 heavy (non-hydrogen) atoms. The molecular formula is C18H29NO3. The van der Waals surface area contributed by atoms with Crippen molar-refractivity contribution in [2.24, 2.45) is 5.41 Å². The van der Waals surface area contributed by atoms with Gasteiger partial charge in [0.15, 0.2) is 0 Å². The van der Waals surface area contributed by atoms with Crippen molar-refractivity contribution in [3.05, 3.63) is 29.3 Å². The van der Waals surface area contributed by atoms with Crippen molar-refractivity contribution in [2.45, 2.75) is 53.6 Å². The van der Waals surface area contributed by atoms with Gasteiger partial charge in [0.25, 0.3) is 0 Å². The van der Waals surface area contributed by atoms with Crippen LogP contribution in [-0.4, -0.2) is 30.3 Å². The maximum atomic E-state index is 11.9. The van der Waals surface area contributed by atoms with E-state index in [2.05, 4.69) is 11.4 Å². The van der Waals surface area contributed by atoms with E-state index in [1.807, 2.05) is 39.8 Å². The molecule has 1 aromatic rings. The summed E-state index contributed by atoms with van der Waals surface area (Å²) in [7, 11) is 0. The summed E-state index contributed by atoms with van der Waals surface area (Å²) in [4.78, 5) is 11.9. The molecule has 0 saturated heterocycles. The van der Waals surface area contributed by atoms with Crippen LogP contribution in [0, 0.1) is 19.3 Å². The lowest BCUT2D eigenvalue weighted by atomic mass is 9.87. The standard InChI is InChI=1S/C18H29NO3/c1-13-6-7-16(14(2)10-13)22-9-8-17(21)19-12-18(4,5)11-15(3)20/h6-7,10,15,20H,8-9,11-12H2,1-5H3,(H,19,21). The highest BCUT2D eigenvalue weighted by Crippen LogP contribution is 2.21. The maximum absolute atomic E-state index is 11.9. The van der Waals surface area contributed by atoms with E-state index >= 15 is 0 Å². The van der Waals surface area contributed by atoms with Gasteiger partial charge < -0.3 is 15.2 Å². The van der Waals surface area contributed by atoms with Crippen LogP contribution >= 0.6 is 0 Å². The van der Waals surface area contributed by atoms with Gasteiger partial charge in [0.2, 0.25) is 5.91 Å². The summed E-state index contributed by atoms with van der Waals surface area (Å²) >= 11 is 0. The summed E-state index contributed by atoms with van der Waals surface area (Å²) in [5.41, 5.74) is 2.17. The van der Waals surface area contributed by atoms with Gasteiger partial charge in [-0.05, 0) is 44.2 Å². The molecule has 0 aliphatic heterocycles. The summed E-state index contributed by atoms with van der Waals surface area (Å²) in [6, 6.07) is 6.00. The molecular weight excluding hydrogens is 278 g/mol. The third-order valence-electron chi connectivity index (χ3n) is 3.53. The first kappa shape index (κ1) is 18.5. The Kier molecular flexibility index (Phi) is 6.88. The molecule has 1 unspecified atom stereocenters. The fraction of sp³-hybridized carbons (Fsp3) is 0.611. The first-order chi connectivity index (χ1) is 10.2. The van der Waals surface area contributed by atoms with Crippen LogP contribution < -0.4 is 10.1 Å². The lowest BCUT2D eigenvalue weighted by Gasteiger charge is -2.26. The minimum atomic E-state index is -0.361. The van der Waals surface area contributed by atoms with Crippen molar-refractivity contribution < 1.29 is 14.6 Å². The molecule has 0 radical (unpaired) electrons. The van der Waals surface area contributed by atoms with Crippen molar-refractivity contribution in [3.8, 4) is 5.75 Å². The van der Waals surface area contributed by atoms with Gasteiger partial charge in [-0.2, -0.15) is 0 Å². The predicted molar refractivity (Wildman–Crippen MR) is 89.1 cm³/mol. The van der Waals surface area contributed by atoms with E-state index in [0.29, 0.717) is 26.0 Å². The molecule has 4 nitrogen and oxygen atoms in total. The zero-order chi connectivity index (χ0) is 16.8. The van der Waals surface area contributed by atoms with Crippen molar-refractivity contribution in [2.75, 3.05) is 13.2 Å². The van der Waals surface area contributed by atoms with Gasteiger partial charge in [-0.1, -0.05) is 31.5 Å². The van der Waals surface area contributed by atoms with E-state index in [9.17, 15) is 9.90 Å². The van der Waals surface area contributed by atoms with E-state index in [1.165, 1.54) is 5.56 Å². The van der Waals surface area contributed by atoms with Crippen LogP contribution in [0.5, 0.6) is 5.75 Å². The molecule has 0 aromatic heterocycles. The average molecular weight is 307 g/mol. The zero-order valence-electron chi connectivity index (χ0n) is 14.4. The largest absolute Gasteiger partial charge is 0.493 e. The first-order valence-electron chi connectivity index (χ1n) is 7.84. The topological polar surface area (TPSA) is 58.6 Å². The number of amides is 1. The predicted octanol–water partition coefficient (Wildman–Crippen LogP) is 2.99. The second kappa shape index (κ2) is 8.18. The average Bonchev–Trinajstić information content (AvgIpc) is 2.37. The SMILES string of the molecule is Cc1ccc(OCCC(=O)NCC(C)(C)CC(C)O)c(C)c1. The number of carbonyl (C=O) groups excluding carboxylic acids is 1. The van der Waals surface area contributed by atoms with Gasteiger partial charge in [-0.25, -0.2) is 0 Å². The molecule has 0 bridgehead atoms. The fourth-order valence-electron chi connectivity index (χ4n) is 2.51. The van der Waals surface area contributed by atoms with E-state index in [-0.39, 0.29) is 17.4 Å². The highest BCUT2D eigenvalue weighted by Gasteiger charge is 2.20. The second-order valence-corrected chi connectivity index (χ2v) is 6.86. The number of carbonyl (C=O) groups is 1. The van der Waals surface area contributed by atoms with Gasteiger partial charge in [-0.3, -0.25) is 4.79 Å². The summed E-state index contributed by atoms with van der Waals surface area (Å²) in [5.74, 6) is 0.802. The Morgan fingerprint density at radius 1 is 1.36 bits per heavy atom. The number of nitrogens with one attached hydrogen (secondary N) is 1. The third-order valence-corrected chi connectivity index (χ3v) is 3.53. The van der Waals surface area contributed by atoms with Crippen LogP contribution in [-0.2, 0) is 4.79 Å². The maximum Gasteiger partial charge on any atom is 0.223 e. The molecule has 1 rings (SSSR count). The van der Waals surface area contributed by atoms with Crippen molar-refractivity contribution in [1.29, 1.82) is 0 Å². The number of ether oxygens (including phenoxy) is 1. The molecule has 1 aromatic carbocycles. The van der Waals surface area contributed by atoms with Gasteiger partial charge in [0.05, 0.1) is 19.1 Å². The third kappa shape index (κ3) is 6.94. The van der Waals surface area contributed by atoms with Crippen LogP contribution in [0.2, 0.25) is 0 Å². The summed E-state index contributed by atoms with van der Waals surface area (Å²) in [6.45, 7) is 10.8. The molecule has 0 aliphatic carbocycles.